The topological polar surface area (TPSA) is 81.5 Å². The zero-order valence-corrected chi connectivity index (χ0v) is 9.73. The Bertz CT molecular complexity index is 431. The average Bonchev–Trinajstić information content (AvgIpc) is 2.34. The Morgan fingerprint density at radius 1 is 1.53 bits per heavy atom. The summed E-state index contributed by atoms with van der Waals surface area (Å²) in [7, 11) is 1.27. The first-order valence-corrected chi connectivity index (χ1v) is 5.20. The monoisotopic (exact) mass is 238 g/mol. The van der Waals surface area contributed by atoms with Crippen LogP contribution < -0.4 is 5.32 Å². The van der Waals surface area contributed by atoms with Gasteiger partial charge in [0.2, 0.25) is 0 Å². The van der Waals surface area contributed by atoms with Crippen LogP contribution >= 0.6 is 0 Å². The van der Waals surface area contributed by atoms with Gasteiger partial charge in [0, 0.05) is 18.7 Å². The lowest BCUT2D eigenvalue weighted by atomic mass is 10.1. The van der Waals surface area contributed by atoms with Crippen molar-refractivity contribution in [2.24, 2.45) is 0 Å². The number of nitro groups is 1. The molecular weight excluding hydrogens is 224 g/mol. The number of non-ortho nitro benzene ring substituents is 1. The van der Waals surface area contributed by atoms with Crippen molar-refractivity contribution in [3.8, 4) is 0 Å². The molecule has 0 saturated heterocycles. The number of nitro benzene ring substituents is 1. The van der Waals surface area contributed by atoms with Gasteiger partial charge in [0.05, 0.1) is 23.3 Å². The van der Waals surface area contributed by atoms with E-state index in [1.807, 2.05) is 6.92 Å². The number of nitrogens with one attached hydrogen (secondary N) is 1. The summed E-state index contributed by atoms with van der Waals surface area (Å²) in [5, 5.41) is 13.6. The lowest BCUT2D eigenvalue weighted by Gasteiger charge is -2.09. The predicted molar refractivity (Wildman–Crippen MR) is 63.2 cm³/mol. The van der Waals surface area contributed by atoms with Gasteiger partial charge in [-0.1, -0.05) is 6.92 Å². The third-order valence-electron chi connectivity index (χ3n) is 2.18. The van der Waals surface area contributed by atoms with Gasteiger partial charge in [0.1, 0.15) is 0 Å². The summed E-state index contributed by atoms with van der Waals surface area (Å²) in [4.78, 5) is 21.6. The molecule has 1 N–H and O–H groups in total. The normalized spacial score (nSPS) is 9.76. The number of carbonyl (C=O) groups excluding carboxylic acids is 1. The van der Waals surface area contributed by atoms with E-state index in [2.05, 4.69) is 10.1 Å². The molecule has 0 saturated carbocycles. The minimum absolute atomic E-state index is 0.0590. The van der Waals surface area contributed by atoms with E-state index in [0.29, 0.717) is 17.8 Å². The minimum Gasteiger partial charge on any atom is -0.465 e. The molecule has 0 radical (unpaired) electrons. The second-order valence-electron chi connectivity index (χ2n) is 3.41. The number of hydrogen-bond acceptors (Lipinski definition) is 5. The smallest absolute Gasteiger partial charge is 0.339 e. The molecule has 92 valence electrons. The zero-order chi connectivity index (χ0) is 12.8. The number of esters is 1. The number of hydrogen-bond donors (Lipinski definition) is 1. The molecule has 0 heterocycles. The molecule has 6 heteroatoms. The molecule has 0 aliphatic heterocycles. The van der Waals surface area contributed by atoms with Crippen LogP contribution in [-0.4, -0.2) is 24.5 Å². The highest BCUT2D eigenvalue weighted by atomic mass is 16.6. The molecule has 0 unspecified atom stereocenters. The standard InChI is InChI=1S/C11H14N2O4/c1-3-6-12-10-7-8(13(15)16)4-5-9(10)11(14)17-2/h4-5,7,12H,3,6H2,1-2H3. The molecule has 0 aliphatic carbocycles. The third kappa shape index (κ3) is 3.17. The number of ether oxygens (including phenoxy) is 1. The Kier molecular flexibility index (Phi) is 4.45. The Hall–Kier alpha value is -2.11. The Balaban J connectivity index is 3.11. The fraction of sp³-hybridized carbons (Fsp3) is 0.364. The maximum Gasteiger partial charge on any atom is 0.339 e. The molecule has 0 fully saturated rings. The molecule has 0 spiro atoms. The van der Waals surface area contributed by atoms with Crippen LogP contribution in [0.5, 0.6) is 0 Å². The highest BCUT2D eigenvalue weighted by molar-refractivity contribution is 5.96. The van der Waals surface area contributed by atoms with E-state index >= 15 is 0 Å². The van der Waals surface area contributed by atoms with Crippen molar-refractivity contribution in [2.45, 2.75) is 13.3 Å². The fourth-order valence-corrected chi connectivity index (χ4v) is 1.34. The van der Waals surface area contributed by atoms with Gasteiger partial charge in [0.15, 0.2) is 0 Å². The SMILES string of the molecule is CCCNc1cc([N+](=O)[O-])ccc1C(=O)OC. The summed E-state index contributed by atoms with van der Waals surface area (Å²) < 4.78 is 4.61. The first kappa shape index (κ1) is 13.0. The van der Waals surface area contributed by atoms with E-state index in [0.717, 1.165) is 6.42 Å². The third-order valence-corrected chi connectivity index (χ3v) is 2.18. The van der Waals surface area contributed by atoms with Crippen molar-refractivity contribution in [1.82, 2.24) is 0 Å². The molecule has 0 bridgehead atoms. The highest BCUT2D eigenvalue weighted by Crippen LogP contribution is 2.23. The fourth-order valence-electron chi connectivity index (χ4n) is 1.34. The molecule has 6 nitrogen and oxygen atoms in total. The van der Waals surface area contributed by atoms with Gasteiger partial charge < -0.3 is 10.1 Å². The lowest BCUT2D eigenvalue weighted by molar-refractivity contribution is -0.384. The number of benzene rings is 1. The highest BCUT2D eigenvalue weighted by Gasteiger charge is 2.15. The Morgan fingerprint density at radius 3 is 2.76 bits per heavy atom. The van der Waals surface area contributed by atoms with Crippen LogP contribution in [0.2, 0.25) is 0 Å². The molecule has 1 rings (SSSR count). The van der Waals surface area contributed by atoms with Crippen molar-refractivity contribution in [3.05, 3.63) is 33.9 Å². The van der Waals surface area contributed by atoms with E-state index in [1.165, 1.54) is 25.3 Å². The van der Waals surface area contributed by atoms with E-state index < -0.39 is 10.9 Å². The van der Waals surface area contributed by atoms with Crippen molar-refractivity contribution in [3.63, 3.8) is 0 Å². The largest absolute Gasteiger partial charge is 0.465 e. The first-order chi connectivity index (χ1) is 8.10. The van der Waals surface area contributed by atoms with E-state index in [-0.39, 0.29) is 5.69 Å². The van der Waals surface area contributed by atoms with Crippen molar-refractivity contribution >= 4 is 17.3 Å². The van der Waals surface area contributed by atoms with Crippen molar-refractivity contribution in [2.75, 3.05) is 19.0 Å². The van der Waals surface area contributed by atoms with E-state index in [4.69, 9.17) is 0 Å². The molecule has 1 aromatic rings. The van der Waals surface area contributed by atoms with E-state index in [9.17, 15) is 14.9 Å². The number of methoxy groups -OCH3 is 1. The van der Waals surface area contributed by atoms with Crippen LogP contribution in [0, 0.1) is 10.1 Å². The summed E-state index contributed by atoms with van der Waals surface area (Å²) in [6.07, 6.45) is 0.851. The second kappa shape index (κ2) is 5.83. The van der Waals surface area contributed by atoms with Crippen LogP contribution in [0.3, 0.4) is 0 Å². The zero-order valence-electron chi connectivity index (χ0n) is 9.73. The van der Waals surface area contributed by atoms with Gasteiger partial charge in [0.25, 0.3) is 5.69 Å². The van der Waals surface area contributed by atoms with Gasteiger partial charge in [-0.05, 0) is 12.5 Å². The summed E-state index contributed by atoms with van der Waals surface area (Å²) >= 11 is 0. The maximum absolute atomic E-state index is 11.4. The number of carbonyl (C=O) groups is 1. The van der Waals surface area contributed by atoms with Gasteiger partial charge in [-0.25, -0.2) is 4.79 Å². The molecule has 0 atom stereocenters. The van der Waals surface area contributed by atoms with Crippen LogP contribution in [0.15, 0.2) is 18.2 Å². The summed E-state index contributed by atoms with van der Waals surface area (Å²) in [6.45, 7) is 2.59. The lowest BCUT2D eigenvalue weighted by Crippen LogP contribution is -2.09. The molecular formula is C11H14N2O4. The average molecular weight is 238 g/mol. The summed E-state index contributed by atoms with van der Waals surface area (Å²) in [5.74, 6) is -0.515. The molecule has 1 aromatic carbocycles. The number of rotatable bonds is 5. The molecule has 17 heavy (non-hydrogen) atoms. The Labute approximate surface area is 98.7 Å². The van der Waals surface area contributed by atoms with Crippen LogP contribution in [-0.2, 0) is 4.74 Å². The van der Waals surface area contributed by atoms with Gasteiger partial charge in [-0.3, -0.25) is 10.1 Å². The summed E-state index contributed by atoms with van der Waals surface area (Å²) in [5.41, 5.74) is 0.663. The first-order valence-electron chi connectivity index (χ1n) is 5.20. The predicted octanol–water partition coefficient (Wildman–Crippen LogP) is 2.20. The second-order valence-corrected chi connectivity index (χ2v) is 3.41. The Morgan fingerprint density at radius 2 is 2.24 bits per heavy atom. The van der Waals surface area contributed by atoms with Crippen LogP contribution in [0.25, 0.3) is 0 Å². The minimum atomic E-state index is -0.515. The number of nitrogens with zero attached hydrogens (tertiary/aromatic N) is 1. The van der Waals surface area contributed by atoms with Crippen molar-refractivity contribution in [1.29, 1.82) is 0 Å². The summed E-state index contributed by atoms with van der Waals surface area (Å²) in [6, 6.07) is 4.01. The quantitative estimate of drug-likeness (QED) is 0.483. The number of anilines is 1. The molecule has 0 aromatic heterocycles. The molecule has 0 aliphatic rings. The van der Waals surface area contributed by atoms with Crippen LogP contribution in [0.4, 0.5) is 11.4 Å². The van der Waals surface area contributed by atoms with Gasteiger partial charge in [-0.2, -0.15) is 0 Å². The van der Waals surface area contributed by atoms with Gasteiger partial charge >= 0.3 is 5.97 Å². The van der Waals surface area contributed by atoms with Crippen molar-refractivity contribution < 1.29 is 14.5 Å². The molecule has 0 amide bonds. The maximum atomic E-state index is 11.4. The van der Waals surface area contributed by atoms with Gasteiger partial charge in [-0.15, -0.1) is 0 Å². The van der Waals surface area contributed by atoms with E-state index in [1.54, 1.807) is 0 Å². The van der Waals surface area contributed by atoms with Crippen LogP contribution in [0.1, 0.15) is 23.7 Å².